The quantitative estimate of drug-likeness (QED) is 0.721. The van der Waals surface area contributed by atoms with Gasteiger partial charge in [0.15, 0.2) is 10.2 Å². The van der Waals surface area contributed by atoms with Crippen LogP contribution in [0.3, 0.4) is 0 Å². The van der Waals surface area contributed by atoms with E-state index < -0.39 is 11.9 Å². The van der Waals surface area contributed by atoms with Gasteiger partial charge in [-0.25, -0.2) is 9.37 Å². The van der Waals surface area contributed by atoms with Gasteiger partial charge in [0.2, 0.25) is 11.7 Å². The third-order valence-electron chi connectivity index (χ3n) is 2.83. The van der Waals surface area contributed by atoms with Gasteiger partial charge < -0.3 is 4.52 Å². The van der Waals surface area contributed by atoms with E-state index in [4.69, 9.17) is 4.52 Å². The number of hydrogen-bond acceptors (Lipinski definition) is 6. The summed E-state index contributed by atoms with van der Waals surface area (Å²) in [7, 11) is 0. The van der Waals surface area contributed by atoms with E-state index in [0.29, 0.717) is 22.0 Å². The van der Waals surface area contributed by atoms with Crippen LogP contribution < -0.4 is 0 Å². The predicted molar refractivity (Wildman–Crippen MR) is 73.1 cm³/mol. The maximum absolute atomic E-state index is 12.6. The molecule has 9 heteroatoms. The summed E-state index contributed by atoms with van der Waals surface area (Å²) in [6, 6.07) is 0. The standard InChI is InChI=1S/C12H10F3N3OS2/c13-7(9(14)15)3-4-20-12-16-5-8(21-12)10-17-11(19-18-10)6-1-2-6/h5-6H,1-4H2. The number of hydrogen-bond donors (Lipinski definition) is 0. The maximum atomic E-state index is 12.6. The Hall–Kier alpha value is -1.35. The van der Waals surface area contributed by atoms with Gasteiger partial charge in [-0.05, 0) is 12.8 Å². The third-order valence-corrected chi connectivity index (χ3v) is 4.98. The van der Waals surface area contributed by atoms with Crippen molar-refractivity contribution >= 4 is 23.1 Å². The summed E-state index contributed by atoms with van der Waals surface area (Å²) in [5.41, 5.74) is 0. The van der Waals surface area contributed by atoms with Crippen LogP contribution in [0.25, 0.3) is 10.7 Å². The molecule has 4 nitrogen and oxygen atoms in total. The molecule has 1 aliphatic carbocycles. The fourth-order valence-corrected chi connectivity index (χ4v) is 3.49. The average molecular weight is 333 g/mol. The van der Waals surface area contributed by atoms with Gasteiger partial charge in [0, 0.05) is 18.1 Å². The van der Waals surface area contributed by atoms with E-state index in [2.05, 4.69) is 15.1 Å². The van der Waals surface area contributed by atoms with Crippen LogP contribution in [0.1, 0.15) is 31.1 Å². The fraction of sp³-hybridized carbons (Fsp3) is 0.417. The van der Waals surface area contributed by atoms with Gasteiger partial charge in [-0.15, -0.1) is 11.3 Å². The fourth-order valence-electron chi connectivity index (χ4n) is 1.58. The lowest BCUT2D eigenvalue weighted by Crippen LogP contribution is -1.81. The molecular formula is C12H10F3N3OS2. The zero-order valence-electron chi connectivity index (χ0n) is 10.7. The highest BCUT2D eigenvalue weighted by Gasteiger charge is 2.30. The Morgan fingerprint density at radius 3 is 2.90 bits per heavy atom. The molecule has 0 N–H and O–H groups in total. The van der Waals surface area contributed by atoms with Crippen molar-refractivity contribution in [3.05, 3.63) is 24.0 Å². The van der Waals surface area contributed by atoms with Gasteiger partial charge in [-0.3, -0.25) is 0 Å². The number of allylic oxidation sites excluding steroid dienone is 1. The van der Waals surface area contributed by atoms with Gasteiger partial charge in [0.05, 0.1) is 11.1 Å². The lowest BCUT2D eigenvalue weighted by molar-refractivity contribution is 0.373. The third kappa shape index (κ3) is 3.65. The first-order chi connectivity index (χ1) is 10.1. The van der Waals surface area contributed by atoms with Crippen molar-refractivity contribution in [1.82, 2.24) is 15.1 Å². The second-order valence-corrected chi connectivity index (χ2v) is 6.86. The molecule has 0 bridgehead atoms. The first-order valence-electron chi connectivity index (χ1n) is 6.25. The molecule has 0 aliphatic heterocycles. The molecule has 0 aromatic carbocycles. The number of thioether (sulfide) groups is 1. The van der Waals surface area contributed by atoms with Gasteiger partial charge >= 0.3 is 6.08 Å². The predicted octanol–water partition coefficient (Wildman–Crippen LogP) is 4.63. The highest BCUT2D eigenvalue weighted by Crippen LogP contribution is 2.40. The molecule has 1 fully saturated rings. The SMILES string of the molecule is FC(F)=C(F)CCSc1ncc(-c2noc(C3CC3)n2)s1. The van der Waals surface area contributed by atoms with Crippen LogP contribution in [-0.2, 0) is 0 Å². The molecule has 112 valence electrons. The first-order valence-corrected chi connectivity index (χ1v) is 8.06. The van der Waals surface area contributed by atoms with Crippen molar-refractivity contribution in [1.29, 1.82) is 0 Å². The van der Waals surface area contributed by atoms with E-state index in [1.54, 1.807) is 6.20 Å². The van der Waals surface area contributed by atoms with E-state index in [0.717, 1.165) is 17.7 Å². The van der Waals surface area contributed by atoms with Crippen LogP contribution in [0, 0.1) is 0 Å². The molecule has 1 saturated carbocycles. The van der Waals surface area contributed by atoms with Crippen LogP contribution in [0.15, 0.2) is 27.0 Å². The van der Waals surface area contributed by atoms with E-state index in [-0.39, 0.29) is 12.2 Å². The largest absolute Gasteiger partial charge is 0.339 e. The lowest BCUT2D eigenvalue weighted by atomic mass is 10.4. The summed E-state index contributed by atoms with van der Waals surface area (Å²) in [6.07, 6.45) is 1.20. The summed E-state index contributed by atoms with van der Waals surface area (Å²) in [5.74, 6) is 0.362. The van der Waals surface area contributed by atoms with Crippen molar-refractivity contribution in [2.75, 3.05) is 5.75 Å². The molecule has 0 unspecified atom stereocenters. The lowest BCUT2D eigenvalue weighted by Gasteiger charge is -1.94. The van der Waals surface area contributed by atoms with Crippen molar-refractivity contribution in [2.45, 2.75) is 29.5 Å². The summed E-state index contributed by atoms with van der Waals surface area (Å²) in [5, 5.41) is 3.90. The van der Waals surface area contributed by atoms with Crippen LogP contribution in [0.5, 0.6) is 0 Å². The Bertz CT molecular complexity index is 662. The molecule has 0 saturated heterocycles. The Kier molecular flexibility index (Phi) is 4.29. The Morgan fingerprint density at radius 2 is 2.19 bits per heavy atom. The molecular weight excluding hydrogens is 323 g/mol. The summed E-state index contributed by atoms with van der Waals surface area (Å²) in [6.45, 7) is 0. The molecule has 2 aromatic rings. The minimum absolute atomic E-state index is 0.204. The minimum Gasteiger partial charge on any atom is -0.339 e. The Morgan fingerprint density at radius 1 is 1.38 bits per heavy atom. The van der Waals surface area contributed by atoms with Gasteiger partial charge in [0.1, 0.15) is 0 Å². The van der Waals surface area contributed by atoms with Crippen LogP contribution in [0.2, 0.25) is 0 Å². The van der Waals surface area contributed by atoms with Crippen molar-refractivity contribution in [3.63, 3.8) is 0 Å². The second-order valence-electron chi connectivity index (χ2n) is 4.48. The monoisotopic (exact) mass is 333 g/mol. The molecule has 0 radical (unpaired) electrons. The number of nitrogens with zero attached hydrogens (tertiary/aromatic N) is 3. The maximum Gasteiger partial charge on any atom is 0.301 e. The first kappa shape index (κ1) is 14.6. The average Bonchev–Trinajstić information content (AvgIpc) is 3.01. The molecule has 21 heavy (non-hydrogen) atoms. The number of aromatic nitrogens is 3. The molecule has 0 spiro atoms. The molecule has 0 atom stereocenters. The number of thiazole rings is 1. The second kappa shape index (κ2) is 6.18. The van der Waals surface area contributed by atoms with Crippen molar-refractivity contribution < 1.29 is 17.7 Å². The van der Waals surface area contributed by atoms with E-state index in [9.17, 15) is 13.2 Å². The number of rotatable bonds is 6. The summed E-state index contributed by atoms with van der Waals surface area (Å²) in [4.78, 5) is 9.19. The topological polar surface area (TPSA) is 51.8 Å². The van der Waals surface area contributed by atoms with Crippen molar-refractivity contribution in [3.8, 4) is 10.7 Å². The zero-order chi connectivity index (χ0) is 14.8. The van der Waals surface area contributed by atoms with Gasteiger partial charge in [-0.1, -0.05) is 16.9 Å². The van der Waals surface area contributed by atoms with E-state index >= 15 is 0 Å². The molecule has 1 aliphatic rings. The Balaban J connectivity index is 1.59. The molecule has 2 aromatic heterocycles. The highest BCUT2D eigenvalue weighted by atomic mass is 32.2. The van der Waals surface area contributed by atoms with Crippen LogP contribution in [-0.4, -0.2) is 20.9 Å². The Labute approximate surface area is 126 Å². The van der Waals surface area contributed by atoms with Crippen LogP contribution in [0.4, 0.5) is 13.2 Å². The smallest absolute Gasteiger partial charge is 0.301 e. The highest BCUT2D eigenvalue weighted by molar-refractivity contribution is 8.01. The zero-order valence-corrected chi connectivity index (χ0v) is 12.3. The molecule has 3 rings (SSSR count). The van der Waals surface area contributed by atoms with Crippen molar-refractivity contribution in [2.24, 2.45) is 0 Å². The van der Waals surface area contributed by atoms with E-state index in [1.165, 1.54) is 23.1 Å². The summed E-state index contributed by atoms with van der Waals surface area (Å²) >= 11 is 2.55. The van der Waals surface area contributed by atoms with E-state index in [1.807, 2.05) is 0 Å². The molecule has 2 heterocycles. The minimum atomic E-state index is -2.25. The molecule has 0 amide bonds. The van der Waals surface area contributed by atoms with Gasteiger partial charge in [0.25, 0.3) is 0 Å². The number of halogens is 3. The van der Waals surface area contributed by atoms with Gasteiger partial charge in [-0.2, -0.15) is 13.8 Å². The summed E-state index contributed by atoms with van der Waals surface area (Å²) < 4.78 is 42.3. The normalized spacial score (nSPS) is 14.4. The van der Waals surface area contributed by atoms with Crippen LogP contribution >= 0.6 is 23.1 Å².